The monoisotopic (exact) mass is 200 g/mol. The molecule has 2 aromatic rings. The molecule has 1 heterocycles. The average molecular weight is 200 g/mol. The lowest BCUT2D eigenvalue weighted by molar-refractivity contribution is 0.109. The first-order valence-electron chi connectivity index (χ1n) is 4.41. The lowest BCUT2D eigenvalue weighted by Gasteiger charge is -1.93. The van der Waals surface area contributed by atoms with Crippen molar-refractivity contribution in [3.8, 4) is 11.4 Å². The van der Waals surface area contributed by atoms with Gasteiger partial charge in [0.2, 0.25) is 0 Å². The summed E-state index contributed by atoms with van der Waals surface area (Å²) in [5, 5.41) is 0. The highest BCUT2D eigenvalue weighted by molar-refractivity contribution is 5.88. The summed E-state index contributed by atoms with van der Waals surface area (Å²) in [7, 11) is 0. The molecule has 0 fully saturated rings. The fourth-order valence-corrected chi connectivity index (χ4v) is 1.31. The van der Waals surface area contributed by atoms with Crippen LogP contribution in [0, 0.1) is 0 Å². The van der Waals surface area contributed by atoms with Crippen molar-refractivity contribution >= 4 is 12.6 Å². The Morgan fingerprint density at radius 2 is 1.80 bits per heavy atom. The fraction of sp³-hybridized carbons (Fsp3) is 0. The highest BCUT2D eigenvalue weighted by Gasteiger charge is 2.09. The number of carbonyl (C=O) groups excluding carboxylic acids is 2. The topological polar surface area (TPSA) is 62.8 Å². The third kappa shape index (κ3) is 1.69. The van der Waals surface area contributed by atoms with E-state index in [1.165, 1.54) is 0 Å². The van der Waals surface area contributed by atoms with Crippen LogP contribution in [0.1, 0.15) is 21.0 Å². The van der Waals surface area contributed by atoms with E-state index < -0.39 is 0 Å². The molecule has 0 radical (unpaired) electrons. The number of aldehydes is 2. The van der Waals surface area contributed by atoms with Crippen molar-refractivity contribution in [2.75, 3.05) is 0 Å². The number of hydrogen-bond acceptors (Lipinski definition) is 3. The van der Waals surface area contributed by atoms with Gasteiger partial charge in [-0.1, -0.05) is 30.3 Å². The predicted octanol–water partition coefficient (Wildman–Crippen LogP) is 1.70. The van der Waals surface area contributed by atoms with Crippen molar-refractivity contribution < 1.29 is 9.59 Å². The molecule has 74 valence electrons. The van der Waals surface area contributed by atoms with Crippen molar-refractivity contribution in [3.05, 3.63) is 41.7 Å². The van der Waals surface area contributed by atoms with Crippen LogP contribution in [0.5, 0.6) is 0 Å². The summed E-state index contributed by atoms with van der Waals surface area (Å²) in [6, 6.07) is 9.30. The molecule has 4 heteroatoms. The fourth-order valence-electron chi connectivity index (χ4n) is 1.31. The van der Waals surface area contributed by atoms with Crippen LogP contribution in [0.4, 0.5) is 0 Å². The smallest absolute Gasteiger partial charge is 0.170 e. The van der Waals surface area contributed by atoms with Gasteiger partial charge in [0, 0.05) is 5.56 Å². The Morgan fingerprint density at radius 3 is 2.33 bits per heavy atom. The van der Waals surface area contributed by atoms with Gasteiger partial charge in [-0.25, -0.2) is 4.98 Å². The van der Waals surface area contributed by atoms with Crippen LogP contribution in [0.25, 0.3) is 11.4 Å². The van der Waals surface area contributed by atoms with Crippen molar-refractivity contribution in [1.29, 1.82) is 0 Å². The summed E-state index contributed by atoms with van der Waals surface area (Å²) in [6.07, 6.45) is 1.15. The van der Waals surface area contributed by atoms with Gasteiger partial charge in [0.1, 0.15) is 17.2 Å². The highest BCUT2D eigenvalue weighted by Crippen LogP contribution is 2.16. The number of aromatic nitrogens is 2. The number of aromatic amines is 1. The Bertz CT molecular complexity index is 463. The largest absolute Gasteiger partial charge is 0.335 e. The summed E-state index contributed by atoms with van der Waals surface area (Å²) in [5.41, 5.74) is 1.20. The molecule has 0 aliphatic heterocycles. The maximum absolute atomic E-state index is 10.6. The number of H-pyrrole nitrogens is 1. The Labute approximate surface area is 86.0 Å². The van der Waals surface area contributed by atoms with Crippen molar-refractivity contribution in [3.63, 3.8) is 0 Å². The number of hydrogen-bond donors (Lipinski definition) is 1. The molecule has 2 rings (SSSR count). The molecule has 0 amide bonds. The zero-order valence-corrected chi connectivity index (χ0v) is 7.81. The molecule has 1 N–H and O–H groups in total. The maximum atomic E-state index is 10.6. The number of benzene rings is 1. The lowest BCUT2D eigenvalue weighted by Crippen LogP contribution is -1.86. The van der Waals surface area contributed by atoms with Gasteiger partial charge in [0.05, 0.1) is 0 Å². The third-order valence-electron chi connectivity index (χ3n) is 2.04. The molecule has 0 spiro atoms. The summed E-state index contributed by atoms with van der Waals surface area (Å²) in [5.74, 6) is 0.528. The molecule has 1 aromatic heterocycles. The highest BCUT2D eigenvalue weighted by atomic mass is 16.1. The molecule has 0 bridgehead atoms. The van der Waals surface area contributed by atoms with E-state index >= 15 is 0 Å². The second-order valence-corrected chi connectivity index (χ2v) is 2.99. The number of rotatable bonds is 3. The van der Waals surface area contributed by atoms with E-state index in [1.54, 1.807) is 0 Å². The van der Waals surface area contributed by atoms with E-state index in [0.29, 0.717) is 18.4 Å². The minimum Gasteiger partial charge on any atom is -0.335 e. The lowest BCUT2D eigenvalue weighted by atomic mass is 10.2. The van der Waals surface area contributed by atoms with Gasteiger partial charge >= 0.3 is 0 Å². The zero-order chi connectivity index (χ0) is 10.7. The minimum atomic E-state index is 0.142. The summed E-state index contributed by atoms with van der Waals surface area (Å²) < 4.78 is 0. The first-order chi connectivity index (χ1) is 7.35. The van der Waals surface area contributed by atoms with Crippen molar-refractivity contribution in [2.24, 2.45) is 0 Å². The molecule has 4 nitrogen and oxygen atoms in total. The molecule has 0 unspecified atom stereocenters. The first kappa shape index (κ1) is 9.33. The second kappa shape index (κ2) is 3.88. The van der Waals surface area contributed by atoms with Crippen LogP contribution >= 0.6 is 0 Å². The number of carbonyl (C=O) groups is 2. The van der Waals surface area contributed by atoms with Crippen LogP contribution < -0.4 is 0 Å². The molecule has 0 saturated carbocycles. The SMILES string of the molecule is O=Cc1nc(-c2ccccc2)[nH]c1C=O. The average Bonchev–Trinajstić information content (AvgIpc) is 2.73. The van der Waals surface area contributed by atoms with Gasteiger partial charge in [0.15, 0.2) is 12.6 Å². The van der Waals surface area contributed by atoms with Crippen LogP contribution in [0.3, 0.4) is 0 Å². The Hall–Kier alpha value is -2.23. The van der Waals surface area contributed by atoms with E-state index in [2.05, 4.69) is 9.97 Å². The zero-order valence-electron chi connectivity index (χ0n) is 7.81. The first-order valence-corrected chi connectivity index (χ1v) is 4.41. The number of nitrogens with zero attached hydrogens (tertiary/aromatic N) is 1. The number of imidazole rings is 1. The van der Waals surface area contributed by atoms with E-state index in [1.807, 2.05) is 30.3 Å². The van der Waals surface area contributed by atoms with Gasteiger partial charge in [-0.15, -0.1) is 0 Å². The van der Waals surface area contributed by atoms with Crippen LogP contribution in [0.15, 0.2) is 30.3 Å². The van der Waals surface area contributed by atoms with Crippen molar-refractivity contribution in [2.45, 2.75) is 0 Å². The van der Waals surface area contributed by atoms with Gasteiger partial charge in [-0.05, 0) is 0 Å². The Kier molecular flexibility index (Phi) is 2.41. The second-order valence-electron chi connectivity index (χ2n) is 2.99. The summed E-state index contributed by atoms with van der Waals surface area (Å²) >= 11 is 0. The summed E-state index contributed by atoms with van der Waals surface area (Å²) in [6.45, 7) is 0. The molecule has 1 aromatic carbocycles. The Morgan fingerprint density at radius 1 is 1.07 bits per heavy atom. The molecule has 0 saturated heterocycles. The van der Waals surface area contributed by atoms with Crippen LogP contribution in [0.2, 0.25) is 0 Å². The molecule has 15 heavy (non-hydrogen) atoms. The van der Waals surface area contributed by atoms with Gasteiger partial charge < -0.3 is 4.98 Å². The molecular weight excluding hydrogens is 192 g/mol. The molecule has 0 atom stereocenters. The summed E-state index contributed by atoms with van der Waals surface area (Å²) in [4.78, 5) is 28.0. The van der Waals surface area contributed by atoms with Crippen molar-refractivity contribution in [1.82, 2.24) is 9.97 Å². The third-order valence-corrected chi connectivity index (χ3v) is 2.04. The van der Waals surface area contributed by atoms with E-state index in [9.17, 15) is 9.59 Å². The van der Waals surface area contributed by atoms with E-state index in [-0.39, 0.29) is 11.4 Å². The van der Waals surface area contributed by atoms with Gasteiger partial charge in [0.25, 0.3) is 0 Å². The number of nitrogens with one attached hydrogen (secondary N) is 1. The van der Waals surface area contributed by atoms with Gasteiger partial charge in [-0.2, -0.15) is 0 Å². The predicted molar refractivity (Wildman–Crippen MR) is 54.8 cm³/mol. The molecule has 0 aliphatic carbocycles. The van der Waals surface area contributed by atoms with Crippen LogP contribution in [-0.4, -0.2) is 22.5 Å². The standard InChI is InChI=1S/C11H8N2O2/c14-6-9-10(7-15)13-11(12-9)8-4-2-1-3-5-8/h1-7H,(H,12,13). The normalized spacial score (nSPS) is 9.87. The Balaban J connectivity index is 2.51. The minimum absolute atomic E-state index is 0.142. The molecular formula is C11H8N2O2. The van der Waals surface area contributed by atoms with Crippen LogP contribution in [-0.2, 0) is 0 Å². The maximum Gasteiger partial charge on any atom is 0.170 e. The quantitative estimate of drug-likeness (QED) is 0.767. The van der Waals surface area contributed by atoms with Gasteiger partial charge in [-0.3, -0.25) is 9.59 Å². The van der Waals surface area contributed by atoms with E-state index in [0.717, 1.165) is 5.56 Å². The molecule has 0 aliphatic rings. The van der Waals surface area contributed by atoms with E-state index in [4.69, 9.17) is 0 Å².